The van der Waals surface area contributed by atoms with E-state index in [1.165, 1.54) is 12.1 Å². The first kappa shape index (κ1) is 31.0. The summed E-state index contributed by atoms with van der Waals surface area (Å²) in [7, 11) is 0. The molecule has 1 aromatic heterocycles. The number of nitrogens with one attached hydrogen (secondary N) is 4. The number of ketones is 1. The first-order valence-corrected chi connectivity index (χ1v) is 14.3. The minimum Gasteiger partial charge on any atom is -0.454 e. The molecular formula is C29H31Cl2N5O6. The lowest BCUT2D eigenvalue weighted by atomic mass is 9.95. The molecule has 2 heterocycles. The number of esters is 1. The molecule has 3 aromatic rings. The SMILES string of the molecule is CC(C)C[C@H](NC(=O)c1nc2ccccc2[nH]1)C(=O)N[C@@H](C[C@@H]1CCNC1=O)C(=O)COC(=O)c1c(Cl)cccc1Cl. The summed E-state index contributed by atoms with van der Waals surface area (Å²) in [4.78, 5) is 71.9. The van der Waals surface area contributed by atoms with Crippen molar-refractivity contribution in [1.82, 2.24) is 25.9 Å². The van der Waals surface area contributed by atoms with Gasteiger partial charge in [0.15, 0.2) is 18.2 Å². The third kappa shape index (κ3) is 7.65. The minimum absolute atomic E-state index is 0.00722. The molecule has 13 heteroatoms. The van der Waals surface area contributed by atoms with Crippen molar-refractivity contribution in [3.05, 3.63) is 63.9 Å². The van der Waals surface area contributed by atoms with Gasteiger partial charge in [0, 0.05) is 12.5 Å². The Hall–Kier alpha value is -3.96. The van der Waals surface area contributed by atoms with E-state index in [0.29, 0.717) is 24.0 Å². The van der Waals surface area contributed by atoms with Crippen molar-refractivity contribution in [3.8, 4) is 0 Å². The summed E-state index contributed by atoms with van der Waals surface area (Å²) in [5, 5.41) is 8.22. The van der Waals surface area contributed by atoms with Crippen LogP contribution in [0, 0.1) is 11.8 Å². The summed E-state index contributed by atoms with van der Waals surface area (Å²) in [5.74, 6) is -3.46. The average molecular weight is 617 g/mol. The van der Waals surface area contributed by atoms with Gasteiger partial charge in [-0.3, -0.25) is 19.2 Å². The Kier molecular flexibility index (Phi) is 10.2. The van der Waals surface area contributed by atoms with Crippen molar-refractivity contribution in [2.45, 2.75) is 45.2 Å². The van der Waals surface area contributed by atoms with Gasteiger partial charge in [-0.05, 0) is 49.4 Å². The fraction of sp³-hybridized carbons (Fsp3) is 0.379. The van der Waals surface area contributed by atoms with Crippen molar-refractivity contribution < 1.29 is 28.7 Å². The second-order valence-corrected chi connectivity index (χ2v) is 11.3. The fourth-order valence-corrected chi connectivity index (χ4v) is 5.24. The third-order valence-corrected chi connectivity index (χ3v) is 7.46. The number of aromatic amines is 1. The summed E-state index contributed by atoms with van der Waals surface area (Å²) in [5.41, 5.74) is 1.18. The van der Waals surface area contributed by atoms with E-state index in [1.807, 2.05) is 13.8 Å². The Balaban J connectivity index is 1.48. The zero-order chi connectivity index (χ0) is 30.4. The van der Waals surface area contributed by atoms with Crippen LogP contribution in [0.5, 0.6) is 0 Å². The van der Waals surface area contributed by atoms with E-state index in [9.17, 15) is 24.0 Å². The quantitative estimate of drug-likeness (QED) is 0.227. The molecule has 1 fully saturated rings. The van der Waals surface area contributed by atoms with E-state index in [0.717, 1.165) is 0 Å². The first-order chi connectivity index (χ1) is 20.0. The molecule has 2 aromatic carbocycles. The van der Waals surface area contributed by atoms with E-state index in [2.05, 4.69) is 25.9 Å². The lowest BCUT2D eigenvalue weighted by Crippen LogP contribution is -2.53. The number of nitrogens with zero attached hydrogens (tertiary/aromatic N) is 1. The van der Waals surface area contributed by atoms with Crippen molar-refractivity contribution in [1.29, 1.82) is 0 Å². The Morgan fingerprint density at radius 2 is 1.74 bits per heavy atom. The number of halogens is 2. The van der Waals surface area contributed by atoms with Gasteiger partial charge in [-0.1, -0.05) is 55.2 Å². The molecule has 1 saturated heterocycles. The zero-order valence-corrected chi connectivity index (χ0v) is 24.6. The van der Waals surface area contributed by atoms with Crippen LogP contribution in [0.4, 0.5) is 0 Å². The summed E-state index contributed by atoms with van der Waals surface area (Å²) >= 11 is 12.1. The first-order valence-electron chi connectivity index (χ1n) is 13.5. The number of benzene rings is 2. The molecule has 4 rings (SSSR count). The van der Waals surface area contributed by atoms with Gasteiger partial charge in [0.2, 0.25) is 11.8 Å². The number of rotatable bonds is 12. The number of imidazole rings is 1. The van der Waals surface area contributed by atoms with Crippen molar-refractivity contribution in [2.24, 2.45) is 11.8 Å². The molecule has 4 N–H and O–H groups in total. The second kappa shape index (κ2) is 13.8. The van der Waals surface area contributed by atoms with Gasteiger partial charge in [0.05, 0.1) is 32.7 Å². The van der Waals surface area contributed by atoms with Gasteiger partial charge in [-0.2, -0.15) is 0 Å². The minimum atomic E-state index is -1.17. The fourth-order valence-electron chi connectivity index (χ4n) is 4.69. The zero-order valence-electron chi connectivity index (χ0n) is 23.0. The molecule has 222 valence electrons. The predicted octanol–water partition coefficient (Wildman–Crippen LogP) is 3.45. The molecule has 42 heavy (non-hydrogen) atoms. The highest BCUT2D eigenvalue weighted by molar-refractivity contribution is 6.39. The molecule has 3 atom stereocenters. The Labute approximate surface area is 252 Å². The third-order valence-electron chi connectivity index (χ3n) is 6.83. The standard InChI is InChI=1S/C29H31Cl2N5O6/c1-15(2)12-22(36-28(40)25-33-19-8-3-4-9-20(19)34-25)27(39)35-21(13-16-10-11-32-26(16)38)23(37)14-42-29(41)24-17(30)6-5-7-18(24)31/h3-9,15-16,21-22H,10-14H2,1-2H3,(H,32,38)(H,33,34)(H,35,39)(H,36,40)/t16-,21-,22-/m0/s1. The second-order valence-electron chi connectivity index (χ2n) is 10.5. The molecule has 0 radical (unpaired) electrons. The number of para-hydroxylation sites is 2. The molecule has 0 aliphatic carbocycles. The number of Topliss-reactive ketones (excluding diaryl/α,β-unsaturated/α-hetero) is 1. The number of carbonyl (C=O) groups excluding carboxylic acids is 5. The molecule has 0 saturated carbocycles. The molecule has 0 spiro atoms. The Morgan fingerprint density at radius 3 is 2.38 bits per heavy atom. The molecule has 0 unspecified atom stereocenters. The van der Waals surface area contributed by atoms with Gasteiger partial charge in [-0.15, -0.1) is 0 Å². The highest BCUT2D eigenvalue weighted by Crippen LogP contribution is 2.25. The Morgan fingerprint density at radius 1 is 1.02 bits per heavy atom. The molecule has 11 nitrogen and oxygen atoms in total. The normalized spacial score (nSPS) is 16.1. The average Bonchev–Trinajstić information content (AvgIpc) is 3.56. The van der Waals surface area contributed by atoms with Crippen LogP contribution in [0.3, 0.4) is 0 Å². The number of hydrogen-bond acceptors (Lipinski definition) is 7. The van der Waals surface area contributed by atoms with Gasteiger partial charge < -0.3 is 25.7 Å². The molecule has 1 aliphatic rings. The lowest BCUT2D eigenvalue weighted by Gasteiger charge is -2.25. The molecular weight excluding hydrogens is 585 g/mol. The maximum Gasteiger partial charge on any atom is 0.341 e. The highest BCUT2D eigenvalue weighted by atomic mass is 35.5. The highest BCUT2D eigenvalue weighted by Gasteiger charge is 2.34. The van der Waals surface area contributed by atoms with Crippen LogP contribution >= 0.6 is 23.2 Å². The largest absolute Gasteiger partial charge is 0.454 e. The van der Waals surface area contributed by atoms with Crippen LogP contribution in [0.1, 0.15) is 54.1 Å². The number of hydrogen-bond donors (Lipinski definition) is 4. The molecule has 1 aliphatic heterocycles. The summed E-state index contributed by atoms with van der Waals surface area (Å²) in [6.07, 6.45) is 0.737. The molecule has 0 bridgehead atoms. The van der Waals surface area contributed by atoms with E-state index in [4.69, 9.17) is 27.9 Å². The number of aromatic nitrogens is 2. The van der Waals surface area contributed by atoms with Gasteiger partial charge in [-0.25, -0.2) is 9.78 Å². The predicted molar refractivity (Wildman–Crippen MR) is 156 cm³/mol. The number of amides is 3. The summed E-state index contributed by atoms with van der Waals surface area (Å²) < 4.78 is 5.19. The Bertz CT molecular complexity index is 1450. The number of carbonyl (C=O) groups is 5. The van der Waals surface area contributed by atoms with Gasteiger partial charge in [0.1, 0.15) is 6.04 Å². The van der Waals surface area contributed by atoms with Gasteiger partial charge >= 0.3 is 5.97 Å². The van der Waals surface area contributed by atoms with E-state index < -0.39 is 48.2 Å². The van der Waals surface area contributed by atoms with Gasteiger partial charge in [0.25, 0.3) is 5.91 Å². The van der Waals surface area contributed by atoms with E-state index in [1.54, 1.807) is 30.3 Å². The molecule has 3 amide bonds. The van der Waals surface area contributed by atoms with Crippen LogP contribution < -0.4 is 16.0 Å². The van der Waals surface area contributed by atoms with E-state index >= 15 is 0 Å². The summed E-state index contributed by atoms with van der Waals surface area (Å²) in [6.45, 7) is 3.53. The van der Waals surface area contributed by atoms with Crippen LogP contribution in [0.2, 0.25) is 10.0 Å². The number of H-pyrrole nitrogens is 1. The lowest BCUT2D eigenvalue weighted by molar-refractivity contribution is -0.131. The smallest absolute Gasteiger partial charge is 0.341 e. The maximum atomic E-state index is 13.5. The van der Waals surface area contributed by atoms with E-state index in [-0.39, 0.29) is 46.1 Å². The topological polar surface area (TPSA) is 159 Å². The maximum absolute atomic E-state index is 13.5. The van der Waals surface area contributed by atoms with Crippen molar-refractivity contribution in [2.75, 3.05) is 13.2 Å². The summed E-state index contributed by atoms with van der Waals surface area (Å²) in [6, 6.07) is 9.43. The monoisotopic (exact) mass is 615 g/mol. The van der Waals surface area contributed by atoms with Crippen LogP contribution in [0.25, 0.3) is 11.0 Å². The van der Waals surface area contributed by atoms with Crippen LogP contribution in [-0.2, 0) is 19.1 Å². The number of ether oxygens (including phenoxy) is 1. The van der Waals surface area contributed by atoms with Crippen molar-refractivity contribution >= 4 is 63.7 Å². The van der Waals surface area contributed by atoms with Crippen LogP contribution in [-0.4, -0.2) is 64.7 Å². The van der Waals surface area contributed by atoms with Crippen molar-refractivity contribution in [3.63, 3.8) is 0 Å². The number of fused-ring (bicyclic) bond motifs is 1. The van der Waals surface area contributed by atoms with Crippen LogP contribution in [0.15, 0.2) is 42.5 Å².